The molecule has 3 rings (SSSR count). The quantitative estimate of drug-likeness (QED) is 0.477. The molecule has 0 saturated carbocycles. The van der Waals surface area contributed by atoms with Gasteiger partial charge in [0.2, 0.25) is 0 Å². The molecule has 0 fully saturated rings. The fraction of sp³-hybridized carbons (Fsp3) is 0.238. The molecule has 0 spiro atoms. The summed E-state index contributed by atoms with van der Waals surface area (Å²) < 4.78 is 30.1. The van der Waals surface area contributed by atoms with Gasteiger partial charge in [-0.1, -0.05) is 32.9 Å². The van der Waals surface area contributed by atoms with Gasteiger partial charge in [-0.15, -0.1) is 0 Å². The highest BCUT2D eigenvalue weighted by atomic mass is 32.2. The molecule has 0 aliphatic rings. The van der Waals surface area contributed by atoms with Crippen LogP contribution in [-0.4, -0.2) is 31.9 Å². The maximum absolute atomic E-state index is 12.5. The van der Waals surface area contributed by atoms with E-state index in [1.54, 1.807) is 25.4 Å². The maximum atomic E-state index is 12.5. The Morgan fingerprint density at radius 2 is 1.72 bits per heavy atom. The van der Waals surface area contributed by atoms with Crippen molar-refractivity contribution in [1.82, 2.24) is 15.0 Å². The number of methoxy groups -OCH3 is 1. The summed E-state index contributed by atoms with van der Waals surface area (Å²) >= 11 is 0. The van der Waals surface area contributed by atoms with Crippen LogP contribution in [0.3, 0.4) is 0 Å². The van der Waals surface area contributed by atoms with Crippen molar-refractivity contribution in [2.45, 2.75) is 31.1 Å². The summed E-state index contributed by atoms with van der Waals surface area (Å²) in [7, 11) is -2.15. The first-order valence-electron chi connectivity index (χ1n) is 9.04. The number of aromatic amines is 1. The smallest absolute Gasteiger partial charge is 0.276 e. The first-order chi connectivity index (χ1) is 13.7. The topological polar surface area (TPSA) is 96.4 Å². The molecule has 0 aliphatic carbocycles. The molecule has 0 aliphatic heterocycles. The Morgan fingerprint density at radius 1 is 1.07 bits per heavy atom. The van der Waals surface area contributed by atoms with Crippen molar-refractivity contribution in [3.05, 3.63) is 65.9 Å². The molecule has 3 aromatic rings. The fourth-order valence-electron chi connectivity index (χ4n) is 2.73. The summed E-state index contributed by atoms with van der Waals surface area (Å²) in [5.74, 6) is 0.744. The number of sulfonamides is 1. The molecule has 0 unspecified atom stereocenters. The third kappa shape index (κ3) is 4.83. The third-order valence-corrected chi connectivity index (χ3v) is 5.69. The summed E-state index contributed by atoms with van der Waals surface area (Å²) in [5, 5.41) is 10.8. The van der Waals surface area contributed by atoms with E-state index in [-0.39, 0.29) is 10.3 Å². The highest BCUT2D eigenvalue weighted by molar-refractivity contribution is 7.89. The first-order valence-corrected chi connectivity index (χ1v) is 10.5. The van der Waals surface area contributed by atoms with E-state index < -0.39 is 10.0 Å². The summed E-state index contributed by atoms with van der Waals surface area (Å²) in [6.07, 6.45) is 3.00. The van der Waals surface area contributed by atoms with Crippen molar-refractivity contribution >= 4 is 16.2 Å². The zero-order valence-corrected chi connectivity index (χ0v) is 17.6. The normalized spacial score (nSPS) is 12.3. The standard InChI is InChI=1S/C21H24N4O3S/c1-21(2,3)17-7-11-19(12-8-17)29(26,27)25-23-14-16-13-22-24-20(16)15-5-9-18(28-4)10-6-15/h5-14,25H,1-4H3,(H,22,24). The third-order valence-electron chi connectivity index (χ3n) is 4.45. The van der Waals surface area contributed by atoms with Gasteiger partial charge < -0.3 is 4.74 Å². The molecule has 0 saturated heterocycles. The average Bonchev–Trinajstić information content (AvgIpc) is 3.16. The summed E-state index contributed by atoms with van der Waals surface area (Å²) in [6, 6.07) is 14.2. The van der Waals surface area contributed by atoms with E-state index in [2.05, 4.69) is 40.9 Å². The van der Waals surface area contributed by atoms with Crippen LogP contribution >= 0.6 is 0 Å². The number of rotatable bonds is 6. The Balaban J connectivity index is 1.75. The number of nitrogens with one attached hydrogen (secondary N) is 2. The summed E-state index contributed by atoms with van der Waals surface area (Å²) in [5.41, 5.74) is 3.27. The molecule has 2 N–H and O–H groups in total. The SMILES string of the molecule is COc1ccc(-c2[nH]ncc2C=NNS(=O)(=O)c2ccc(C(C)(C)C)cc2)cc1. The van der Waals surface area contributed by atoms with Gasteiger partial charge in [-0.2, -0.15) is 18.6 Å². The van der Waals surface area contributed by atoms with Crippen LogP contribution in [0.15, 0.2) is 64.7 Å². The number of hydrogen-bond donors (Lipinski definition) is 2. The highest BCUT2D eigenvalue weighted by Crippen LogP contribution is 2.24. The van der Waals surface area contributed by atoms with Crippen molar-refractivity contribution in [3.8, 4) is 17.0 Å². The maximum Gasteiger partial charge on any atom is 0.276 e. The minimum atomic E-state index is -3.76. The van der Waals surface area contributed by atoms with Gasteiger partial charge in [0.1, 0.15) is 5.75 Å². The highest BCUT2D eigenvalue weighted by Gasteiger charge is 2.17. The van der Waals surface area contributed by atoms with Crippen molar-refractivity contribution in [1.29, 1.82) is 0 Å². The first kappa shape index (κ1) is 20.6. The van der Waals surface area contributed by atoms with Gasteiger partial charge in [0, 0.05) is 11.1 Å². The molecular formula is C21H24N4O3S. The fourth-order valence-corrected chi connectivity index (χ4v) is 3.53. The second-order valence-corrected chi connectivity index (χ2v) is 9.22. The zero-order valence-electron chi connectivity index (χ0n) is 16.8. The van der Waals surface area contributed by atoms with Crippen molar-refractivity contribution < 1.29 is 13.2 Å². The summed E-state index contributed by atoms with van der Waals surface area (Å²) in [6.45, 7) is 6.22. The Bertz CT molecular complexity index is 1090. The molecule has 152 valence electrons. The number of H-pyrrole nitrogens is 1. The number of nitrogens with zero attached hydrogens (tertiary/aromatic N) is 2. The van der Waals surface area contributed by atoms with Gasteiger partial charge in [-0.25, -0.2) is 4.83 Å². The van der Waals surface area contributed by atoms with Gasteiger partial charge in [0.15, 0.2) is 0 Å². The van der Waals surface area contributed by atoms with Crippen molar-refractivity contribution in [2.24, 2.45) is 5.10 Å². The lowest BCUT2D eigenvalue weighted by atomic mass is 9.87. The zero-order chi connectivity index (χ0) is 21.1. The van der Waals surface area contributed by atoms with Crippen LogP contribution in [0.4, 0.5) is 0 Å². The largest absolute Gasteiger partial charge is 0.497 e. The Kier molecular flexibility index (Phi) is 5.74. The van der Waals surface area contributed by atoms with E-state index in [9.17, 15) is 8.42 Å². The molecule has 0 bridgehead atoms. The molecule has 29 heavy (non-hydrogen) atoms. The van der Waals surface area contributed by atoms with Crippen molar-refractivity contribution in [2.75, 3.05) is 7.11 Å². The Morgan fingerprint density at radius 3 is 2.31 bits per heavy atom. The van der Waals surface area contributed by atoms with E-state index in [1.807, 2.05) is 36.4 Å². The predicted octanol–water partition coefficient (Wildman–Crippen LogP) is 3.70. The molecule has 0 amide bonds. The molecule has 7 nitrogen and oxygen atoms in total. The second kappa shape index (κ2) is 8.08. The van der Waals surface area contributed by atoms with E-state index in [0.29, 0.717) is 5.56 Å². The monoisotopic (exact) mass is 412 g/mol. The van der Waals surface area contributed by atoms with Crippen LogP contribution in [-0.2, 0) is 15.4 Å². The molecule has 8 heteroatoms. The predicted molar refractivity (Wildman–Crippen MR) is 114 cm³/mol. The van der Waals surface area contributed by atoms with Crippen LogP contribution in [0.2, 0.25) is 0 Å². The van der Waals surface area contributed by atoms with Gasteiger partial charge in [0.05, 0.1) is 30.1 Å². The van der Waals surface area contributed by atoms with E-state index in [1.165, 1.54) is 6.21 Å². The van der Waals surface area contributed by atoms with Crippen LogP contribution in [0.1, 0.15) is 31.9 Å². The molecule has 2 aromatic carbocycles. The van der Waals surface area contributed by atoms with Gasteiger partial charge in [0.25, 0.3) is 10.0 Å². The lowest BCUT2D eigenvalue weighted by molar-refractivity contribution is 0.415. The lowest BCUT2D eigenvalue weighted by Gasteiger charge is -2.19. The van der Waals surface area contributed by atoms with Gasteiger partial charge in [-0.3, -0.25) is 5.10 Å². The van der Waals surface area contributed by atoms with E-state index in [4.69, 9.17) is 4.74 Å². The molecule has 0 atom stereocenters. The lowest BCUT2D eigenvalue weighted by Crippen LogP contribution is -2.19. The van der Waals surface area contributed by atoms with E-state index >= 15 is 0 Å². The second-order valence-electron chi connectivity index (χ2n) is 7.56. The minimum absolute atomic E-state index is 0.0486. The van der Waals surface area contributed by atoms with Gasteiger partial charge in [-0.05, 0) is 47.4 Å². The van der Waals surface area contributed by atoms with E-state index in [0.717, 1.165) is 22.6 Å². The summed E-state index contributed by atoms with van der Waals surface area (Å²) in [4.78, 5) is 2.41. The molecule has 0 radical (unpaired) electrons. The number of benzene rings is 2. The number of hydrogen-bond acceptors (Lipinski definition) is 5. The van der Waals surface area contributed by atoms with Crippen LogP contribution in [0.25, 0.3) is 11.3 Å². The van der Waals surface area contributed by atoms with Crippen molar-refractivity contribution in [3.63, 3.8) is 0 Å². The number of hydrazone groups is 1. The molecule has 1 heterocycles. The van der Waals surface area contributed by atoms with Crippen LogP contribution in [0.5, 0.6) is 5.75 Å². The van der Waals surface area contributed by atoms with Crippen LogP contribution < -0.4 is 9.57 Å². The average molecular weight is 413 g/mol. The van der Waals surface area contributed by atoms with Crippen LogP contribution in [0, 0.1) is 0 Å². The molecule has 1 aromatic heterocycles. The minimum Gasteiger partial charge on any atom is -0.497 e. The number of ether oxygens (including phenoxy) is 1. The number of aromatic nitrogens is 2. The molecular weight excluding hydrogens is 388 g/mol. The Labute approximate surface area is 170 Å². The Hall–Kier alpha value is -3.13. The van der Waals surface area contributed by atoms with Gasteiger partial charge >= 0.3 is 0 Å².